The van der Waals surface area contributed by atoms with Crippen molar-refractivity contribution in [2.75, 3.05) is 13.1 Å². The topological polar surface area (TPSA) is 37.4 Å². The number of hydrogen-bond acceptors (Lipinski definition) is 2. The lowest BCUT2D eigenvalue weighted by molar-refractivity contribution is -0.184. The molecule has 1 heterocycles. The first-order valence-corrected chi connectivity index (χ1v) is 6.29. The second-order valence-electron chi connectivity index (χ2n) is 5.48. The van der Waals surface area contributed by atoms with E-state index in [-0.39, 0.29) is 24.4 Å². The molecule has 0 spiro atoms. The number of halogens is 3. The van der Waals surface area contributed by atoms with Crippen molar-refractivity contribution < 1.29 is 22.8 Å². The van der Waals surface area contributed by atoms with Crippen molar-refractivity contribution in [3.8, 4) is 0 Å². The number of fused-ring (bicyclic) bond motifs is 1. The minimum Gasteiger partial charge on any atom is -0.334 e. The van der Waals surface area contributed by atoms with Gasteiger partial charge in [0.2, 0.25) is 0 Å². The molecule has 0 unspecified atom stereocenters. The van der Waals surface area contributed by atoms with Crippen molar-refractivity contribution in [1.29, 1.82) is 0 Å². The Balaban J connectivity index is 1.79. The number of carbonyl (C=O) groups is 2. The average molecular weight is 283 g/mol. The third-order valence-corrected chi connectivity index (χ3v) is 4.30. The van der Waals surface area contributed by atoms with Gasteiger partial charge < -0.3 is 4.90 Å². The Morgan fingerprint density at radius 1 is 1.30 bits per heavy atom. The van der Waals surface area contributed by atoms with Crippen molar-refractivity contribution in [2.24, 2.45) is 5.92 Å². The largest absolute Gasteiger partial charge is 0.471 e. The van der Waals surface area contributed by atoms with Crippen LogP contribution in [0.25, 0.3) is 0 Å². The highest BCUT2D eigenvalue weighted by Crippen LogP contribution is 2.59. The van der Waals surface area contributed by atoms with E-state index < -0.39 is 12.1 Å². The lowest BCUT2D eigenvalue weighted by Crippen LogP contribution is -2.41. The van der Waals surface area contributed by atoms with Gasteiger partial charge in [0.1, 0.15) is 6.29 Å². The van der Waals surface area contributed by atoms with E-state index in [1.807, 2.05) is 0 Å². The quantitative estimate of drug-likeness (QED) is 0.780. The minimum absolute atomic E-state index is 0.0934. The molecular formula is C14H12F3NO2. The fraction of sp³-hybridized carbons (Fsp3) is 0.429. The van der Waals surface area contributed by atoms with Gasteiger partial charge >= 0.3 is 12.1 Å². The monoisotopic (exact) mass is 283 g/mol. The number of nitrogens with zero attached hydrogens (tertiary/aromatic N) is 1. The highest BCUT2D eigenvalue weighted by atomic mass is 19.4. The Morgan fingerprint density at radius 2 is 1.95 bits per heavy atom. The number of rotatable bonds is 2. The van der Waals surface area contributed by atoms with Crippen molar-refractivity contribution in [3.05, 3.63) is 35.4 Å². The summed E-state index contributed by atoms with van der Waals surface area (Å²) in [5.74, 6) is -1.66. The van der Waals surface area contributed by atoms with Gasteiger partial charge in [-0.05, 0) is 17.9 Å². The minimum atomic E-state index is -4.81. The summed E-state index contributed by atoms with van der Waals surface area (Å²) in [7, 11) is 0. The highest BCUT2D eigenvalue weighted by molar-refractivity contribution is 5.82. The van der Waals surface area contributed by atoms with E-state index in [2.05, 4.69) is 0 Å². The molecule has 1 aromatic rings. The van der Waals surface area contributed by atoms with Crippen molar-refractivity contribution in [1.82, 2.24) is 4.90 Å². The molecular weight excluding hydrogens is 271 g/mol. The number of hydrogen-bond donors (Lipinski definition) is 0. The molecule has 0 N–H and O–H groups in total. The first-order valence-electron chi connectivity index (χ1n) is 6.29. The van der Waals surface area contributed by atoms with E-state index in [4.69, 9.17) is 0 Å². The smallest absolute Gasteiger partial charge is 0.334 e. The second kappa shape index (κ2) is 4.07. The van der Waals surface area contributed by atoms with E-state index in [0.717, 1.165) is 23.2 Å². The molecule has 1 aliphatic carbocycles. The molecule has 0 bridgehead atoms. The summed E-state index contributed by atoms with van der Waals surface area (Å²) in [6.45, 7) is 0.268. The van der Waals surface area contributed by atoms with Gasteiger partial charge in [0, 0.05) is 24.1 Å². The van der Waals surface area contributed by atoms with Crippen LogP contribution in [0.3, 0.4) is 0 Å². The molecule has 3 rings (SSSR count). The molecule has 20 heavy (non-hydrogen) atoms. The Bertz CT molecular complexity index is 567. The molecule has 6 heteroatoms. The Morgan fingerprint density at radius 3 is 2.50 bits per heavy atom. The summed E-state index contributed by atoms with van der Waals surface area (Å²) in [5, 5.41) is 0. The summed E-state index contributed by atoms with van der Waals surface area (Å²) in [6.07, 6.45) is -3.28. The van der Waals surface area contributed by atoms with E-state index in [1.165, 1.54) is 0 Å². The van der Waals surface area contributed by atoms with Crippen molar-refractivity contribution in [2.45, 2.75) is 18.0 Å². The molecule has 1 aliphatic heterocycles. The molecule has 0 aromatic heterocycles. The third-order valence-electron chi connectivity index (χ3n) is 4.30. The van der Waals surface area contributed by atoms with Crippen LogP contribution in [-0.4, -0.2) is 36.4 Å². The number of likely N-dealkylation sites (tertiary alicyclic amines) is 1. The van der Waals surface area contributed by atoms with E-state index >= 15 is 0 Å². The Kier molecular flexibility index (Phi) is 2.68. The highest BCUT2D eigenvalue weighted by Gasteiger charge is 2.63. The van der Waals surface area contributed by atoms with E-state index in [9.17, 15) is 22.8 Å². The number of benzene rings is 1. The maximum atomic E-state index is 12.4. The number of piperidine rings is 1. The molecule has 2 atom stereocenters. The lowest BCUT2D eigenvalue weighted by Gasteiger charge is -2.22. The molecule has 1 saturated carbocycles. The van der Waals surface area contributed by atoms with Crippen LogP contribution in [0.1, 0.15) is 22.3 Å². The maximum absolute atomic E-state index is 12.4. The van der Waals surface area contributed by atoms with Crippen LogP contribution in [0, 0.1) is 5.92 Å². The van der Waals surface area contributed by atoms with Crippen LogP contribution in [0.5, 0.6) is 0 Å². The van der Waals surface area contributed by atoms with Gasteiger partial charge in [0.05, 0.1) is 0 Å². The first-order chi connectivity index (χ1) is 9.37. The van der Waals surface area contributed by atoms with Gasteiger partial charge in [0.15, 0.2) is 0 Å². The predicted molar refractivity (Wildman–Crippen MR) is 64.2 cm³/mol. The molecule has 2 aliphatic rings. The average Bonchev–Trinajstić information content (AvgIpc) is 2.99. The van der Waals surface area contributed by atoms with Crippen molar-refractivity contribution >= 4 is 12.2 Å². The van der Waals surface area contributed by atoms with E-state index in [1.54, 1.807) is 24.3 Å². The van der Waals surface area contributed by atoms with Crippen molar-refractivity contribution in [3.63, 3.8) is 0 Å². The molecule has 1 aromatic carbocycles. The van der Waals surface area contributed by atoms with Crippen LogP contribution in [-0.2, 0) is 10.2 Å². The van der Waals surface area contributed by atoms with Gasteiger partial charge in [-0.1, -0.05) is 24.3 Å². The summed E-state index contributed by atoms with van der Waals surface area (Å²) >= 11 is 0. The zero-order chi connectivity index (χ0) is 14.5. The normalized spacial score (nSPS) is 28.1. The predicted octanol–water partition coefficient (Wildman–Crippen LogP) is 2.16. The number of alkyl halides is 3. The van der Waals surface area contributed by atoms with Gasteiger partial charge in [-0.3, -0.25) is 9.59 Å². The number of carbonyl (C=O) groups excluding carboxylic acids is 2. The number of aldehydes is 1. The SMILES string of the molecule is O=Cc1ccc([C@@]23C[C@@H]2CN(C(=O)C(F)(F)F)C3)cc1. The standard InChI is InChI=1S/C14H12F3NO2/c15-14(16,17)12(20)18-6-11-5-13(11,8-18)10-3-1-9(7-19)2-4-10/h1-4,7,11H,5-6,8H2/t11-,13+/m1/s1. The summed E-state index contributed by atoms with van der Waals surface area (Å²) in [6, 6.07) is 6.85. The fourth-order valence-corrected chi connectivity index (χ4v) is 3.16. The summed E-state index contributed by atoms with van der Waals surface area (Å²) in [4.78, 5) is 22.8. The molecule has 0 radical (unpaired) electrons. The molecule has 3 nitrogen and oxygen atoms in total. The summed E-state index contributed by atoms with van der Waals surface area (Å²) in [5.41, 5.74) is 1.09. The molecule has 2 fully saturated rings. The molecule has 1 amide bonds. The first kappa shape index (κ1) is 13.1. The second-order valence-corrected chi connectivity index (χ2v) is 5.48. The Hall–Kier alpha value is -1.85. The van der Waals surface area contributed by atoms with Crippen LogP contribution < -0.4 is 0 Å². The van der Waals surface area contributed by atoms with Crippen LogP contribution in [0.4, 0.5) is 13.2 Å². The lowest BCUT2D eigenvalue weighted by atomic mass is 9.94. The van der Waals surface area contributed by atoms with Crippen LogP contribution >= 0.6 is 0 Å². The maximum Gasteiger partial charge on any atom is 0.471 e. The van der Waals surface area contributed by atoms with Gasteiger partial charge in [-0.25, -0.2) is 0 Å². The van der Waals surface area contributed by atoms with Crippen LogP contribution in [0.15, 0.2) is 24.3 Å². The zero-order valence-electron chi connectivity index (χ0n) is 10.5. The van der Waals surface area contributed by atoms with Gasteiger partial charge in [-0.15, -0.1) is 0 Å². The Labute approximate surface area is 113 Å². The van der Waals surface area contributed by atoms with Crippen LogP contribution in [0.2, 0.25) is 0 Å². The third kappa shape index (κ3) is 1.90. The zero-order valence-corrected chi connectivity index (χ0v) is 10.5. The fourth-order valence-electron chi connectivity index (χ4n) is 3.16. The van der Waals surface area contributed by atoms with E-state index in [0.29, 0.717) is 5.56 Å². The van der Waals surface area contributed by atoms with Gasteiger partial charge in [0.25, 0.3) is 0 Å². The van der Waals surface area contributed by atoms with Gasteiger partial charge in [-0.2, -0.15) is 13.2 Å². The molecule has 1 saturated heterocycles. The summed E-state index contributed by atoms with van der Waals surface area (Å²) < 4.78 is 37.3. The number of amides is 1. The molecule has 106 valence electrons.